The number of amides is 2. The molecule has 1 heterocycles. The summed E-state index contributed by atoms with van der Waals surface area (Å²) >= 11 is 0. The van der Waals surface area contributed by atoms with E-state index in [4.69, 9.17) is 9.47 Å². The van der Waals surface area contributed by atoms with Gasteiger partial charge in [-0.05, 0) is 36.6 Å². The first-order valence-electron chi connectivity index (χ1n) is 14.2. The summed E-state index contributed by atoms with van der Waals surface area (Å²) in [5.74, 6) is 0.145. The summed E-state index contributed by atoms with van der Waals surface area (Å²) in [6.07, 6.45) is 3.05. The van der Waals surface area contributed by atoms with Crippen molar-refractivity contribution < 1.29 is 27.5 Å². The maximum absolute atomic E-state index is 14.2. The van der Waals surface area contributed by atoms with E-state index in [0.29, 0.717) is 31.3 Å². The number of benzene rings is 3. The SMILES string of the molecule is CCCCNC(=O)[C@H](Cc1ccccc1)N(Cc1ccc(C)cc1)C(=O)CN(c1ccc2c(c1)OCCO2)S(C)(=O)=O. The van der Waals surface area contributed by atoms with Gasteiger partial charge in [0.15, 0.2) is 11.5 Å². The smallest absolute Gasteiger partial charge is 0.244 e. The molecule has 0 unspecified atom stereocenters. The molecule has 2 amide bonds. The van der Waals surface area contributed by atoms with Gasteiger partial charge in [0, 0.05) is 25.6 Å². The van der Waals surface area contributed by atoms with E-state index in [0.717, 1.165) is 40.1 Å². The van der Waals surface area contributed by atoms with Crippen LogP contribution in [0.2, 0.25) is 0 Å². The minimum atomic E-state index is -3.89. The number of hydrogen-bond donors (Lipinski definition) is 1. The topological polar surface area (TPSA) is 105 Å². The normalized spacial score (nSPS) is 13.2. The van der Waals surface area contributed by atoms with Crippen LogP contribution in [0.5, 0.6) is 11.5 Å². The number of anilines is 1. The van der Waals surface area contributed by atoms with Gasteiger partial charge in [-0.1, -0.05) is 73.5 Å². The molecule has 0 radical (unpaired) electrons. The molecule has 0 aromatic heterocycles. The Balaban J connectivity index is 1.70. The third-order valence-electron chi connectivity index (χ3n) is 7.07. The van der Waals surface area contributed by atoms with Gasteiger partial charge in [-0.15, -0.1) is 0 Å². The van der Waals surface area contributed by atoms with Gasteiger partial charge >= 0.3 is 0 Å². The lowest BCUT2D eigenvalue weighted by atomic mass is 10.0. The first-order valence-corrected chi connectivity index (χ1v) is 16.0. The van der Waals surface area contributed by atoms with Gasteiger partial charge in [0.05, 0.1) is 11.9 Å². The van der Waals surface area contributed by atoms with Crippen LogP contribution in [0.3, 0.4) is 0 Å². The molecule has 0 spiro atoms. The zero-order valence-corrected chi connectivity index (χ0v) is 25.2. The Labute approximate surface area is 248 Å². The highest BCUT2D eigenvalue weighted by molar-refractivity contribution is 7.92. The summed E-state index contributed by atoms with van der Waals surface area (Å²) < 4.78 is 38.3. The van der Waals surface area contributed by atoms with Gasteiger partial charge in [-0.3, -0.25) is 13.9 Å². The molecule has 1 N–H and O–H groups in total. The molecule has 9 nitrogen and oxygen atoms in total. The fourth-order valence-corrected chi connectivity index (χ4v) is 5.59. The Bertz CT molecular complexity index is 1460. The average molecular weight is 594 g/mol. The molecule has 0 saturated heterocycles. The summed E-state index contributed by atoms with van der Waals surface area (Å²) in [5.41, 5.74) is 3.06. The number of ether oxygens (including phenoxy) is 2. The molecule has 10 heteroatoms. The van der Waals surface area contributed by atoms with Gasteiger partial charge < -0.3 is 19.7 Å². The van der Waals surface area contributed by atoms with Crippen molar-refractivity contribution in [2.45, 2.75) is 45.7 Å². The molecule has 224 valence electrons. The van der Waals surface area contributed by atoms with Gasteiger partial charge in [-0.25, -0.2) is 8.42 Å². The molecule has 1 atom stereocenters. The van der Waals surface area contributed by atoms with Crippen LogP contribution in [0.25, 0.3) is 0 Å². The van der Waals surface area contributed by atoms with Crippen LogP contribution in [0.4, 0.5) is 5.69 Å². The van der Waals surface area contributed by atoms with E-state index in [1.165, 1.54) is 4.90 Å². The van der Waals surface area contributed by atoms with E-state index >= 15 is 0 Å². The summed E-state index contributed by atoms with van der Waals surface area (Å²) in [6.45, 7) is 4.89. The number of nitrogens with one attached hydrogen (secondary N) is 1. The van der Waals surface area contributed by atoms with Gasteiger partial charge in [-0.2, -0.15) is 0 Å². The highest BCUT2D eigenvalue weighted by atomic mass is 32.2. The zero-order valence-electron chi connectivity index (χ0n) is 24.4. The highest BCUT2D eigenvalue weighted by Gasteiger charge is 2.33. The molecule has 0 saturated carbocycles. The first-order chi connectivity index (χ1) is 20.2. The van der Waals surface area contributed by atoms with E-state index < -0.39 is 28.5 Å². The van der Waals surface area contributed by atoms with Crippen LogP contribution in [0, 0.1) is 6.92 Å². The second-order valence-corrected chi connectivity index (χ2v) is 12.4. The Morgan fingerprint density at radius 2 is 1.62 bits per heavy atom. The lowest BCUT2D eigenvalue weighted by Gasteiger charge is -2.33. The van der Waals surface area contributed by atoms with E-state index in [-0.39, 0.29) is 24.6 Å². The largest absolute Gasteiger partial charge is 0.486 e. The van der Waals surface area contributed by atoms with Crippen molar-refractivity contribution in [2.75, 3.05) is 36.9 Å². The van der Waals surface area contributed by atoms with Crippen LogP contribution in [-0.2, 0) is 32.6 Å². The number of unbranched alkanes of at least 4 members (excludes halogenated alkanes) is 1. The summed E-state index contributed by atoms with van der Waals surface area (Å²) in [5, 5.41) is 2.99. The standard InChI is InChI=1S/C32H39N3O6S/c1-4-5-17-33-32(37)28(20-25-9-7-6-8-10-25)34(22-26-13-11-24(2)12-14-26)31(36)23-35(42(3,38)39)27-15-16-29-30(21-27)41-19-18-40-29/h6-16,21,28H,4-5,17-20,22-23H2,1-3H3,(H,33,37)/t28-/m0/s1. The first kappa shape index (κ1) is 30.9. The molecular weight excluding hydrogens is 554 g/mol. The number of aryl methyl sites for hydroxylation is 1. The predicted molar refractivity (Wildman–Crippen MR) is 163 cm³/mol. The Morgan fingerprint density at radius 1 is 0.929 bits per heavy atom. The van der Waals surface area contributed by atoms with E-state index in [1.807, 2.05) is 68.4 Å². The quantitative estimate of drug-likeness (QED) is 0.300. The minimum Gasteiger partial charge on any atom is -0.486 e. The predicted octanol–water partition coefficient (Wildman–Crippen LogP) is 4.09. The van der Waals surface area contributed by atoms with Crippen molar-refractivity contribution in [1.82, 2.24) is 10.2 Å². The van der Waals surface area contributed by atoms with Crippen LogP contribution < -0.4 is 19.1 Å². The number of hydrogen-bond acceptors (Lipinski definition) is 6. The lowest BCUT2D eigenvalue weighted by Crippen LogP contribution is -2.53. The second-order valence-electron chi connectivity index (χ2n) is 10.5. The van der Waals surface area contributed by atoms with Crippen molar-refractivity contribution in [3.05, 3.63) is 89.5 Å². The van der Waals surface area contributed by atoms with E-state index in [1.54, 1.807) is 18.2 Å². The van der Waals surface area contributed by atoms with Crippen LogP contribution in [0.1, 0.15) is 36.5 Å². The lowest BCUT2D eigenvalue weighted by molar-refractivity contribution is -0.140. The van der Waals surface area contributed by atoms with Crippen molar-refractivity contribution in [3.8, 4) is 11.5 Å². The zero-order chi connectivity index (χ0) is 30.1. The van der Waals surface area contributed by atoms with Gasteiger partial charge in [0.25, 0.3) is 0 Å². The average Bonchev–Trinajstić information content (AvgIpc) is 2.98. The van der Waals surface area contributed by atoms with Crippen molar-refractivity contribution in [2.24, 2.45) is 0 Å². The van der Waals surface area contributed by atoms with Crippen molar-refractivity contribution >= 4 is 27.5 Å². The Kier molecular flexibility index (Phi) is 10.5. The maximum Gasteiger partial charge on any atom is 0.244 e. The molecule has 0 aliphatic carbocycles. The molecular formula is C32H39N3O6S. The van der Waals surface area contributed by atoms with Crippen molar-refractivity contribution in [1.29, 1.82) is 0 Å². The number of carbonyl (C=O) groups excluding carboxylic acids is 2. The monoisotopic (exact) mass is 593 g/mol. The fourth-order valence-electron chi connectivity index (χ4n) is 4.75. The summed E-state index contributed by atoms with van der Waals surface area (Å²) in [7, 11) is -3.89. The summed E-state index contributed by atoms with van der Waals surface area (Å²) in [6, 6.07) is 21.2. The molecule has 3 aromatic rings. The Morgan fingerprint density at radius 3 is 2.29 bits per heavy atom. The van der Waals surface area contributed by atoms with Crippen LogP contribution in [0.15, 0.2) is 72.8 Å². The molecule has 42 heavy (non-hydrogen) atoms. The molecule has 4 rings (SSSR count). The maximum atomic E-state index is 14.2. The number of sulfonamides is 1. The van der Waals surface area contributed by atoms with Gasteiger partial charge in [0.2, 0.25) is 21.8 Å². The second kappa shape index (κ2) is 14.2. The van der Waals surface area contributed by atoms with Crippen LogP contribution in [-0.4, -0.2) is 63.7 Å². The molecule has 0 fully saturated rings. The molecule has 1 aliphatic heterocycles. The molecule has 1 aliphatic rings. The summed E-state index contributed by atoms with van der Waals surface area (Å²) in [4.78, 5) is 29.3. The number of nitrogens with zero attached hydrogens (tertiary/aromatic N) is 2. The van der Waals surface area contributed by atoms with E-state index in [9.17, 15) is 18.0 Å². The number of fused-ring (bicyclic) bond motifs is 1. The third-order valence-corrected chi connectivity index (χ3v) is 8.21. The molecule has 3 aromatic carbocycles. The number of rotatable bonds is 13. The third kappa shape index (κ3) is 8.25. The molecule has 0 bridgehead atoms. The van der Waals surface area contributed by atoms with Crippen LogP contribution >= 0.6 is 0 Å². The number of carbonyl (C=O) groups is 2. The van der Waals surface area contributed by atoms with Gasteiger partial charge in [0.1, 0.15) is 25.8 Å². The Hall–Kier alpha value is -4.05. The van der Waals surface area contributed by atoms with E-state index in [2.05, 4.69) is 5.32 Å². The minimum absolute atomic E-state index is 0.135. The fraction of sp³-hybridized carbons (Fsp3) is 0.375. The highest BCUT2D eigenvalue weighted by Crippen LogP contribution is 2.34. The van der Waals surface area contributed by atoms with Crippen molar-refractivity contribution in [3.63, 3.8) is 0 Å².